The standard InChI is InChI=1S/C15H17N5O2S/c1-9-10(2)23-14-12(9)13-17-20(15(22)19(13)8-16-14)7-11(21)18-5-3-4-6-18/h8H,3-7H2,1-2H3. The maximum absolute atomic E-state index is 12.5. The van der Waals surface area contributed by atoms with E-state index in [2.05, 4.69) is 10.1 Å². The van der Waals surface area contributed by atoms with Crippen LogP contribution in [0, 0.1) is 13.8 Å². The van der Waals surface area contributed by atoms with Crippen LogP contribution in [0.5, 0.6) is 0 Å². The van der Waals surface area contributed by atoms with Crippen molar-refractivity contribution in [3.63, 3.8) is 0 Å². The van der Waals surface area contributed by atoms with Crippen molar-refractivity contribution in [3.8, 4) is 0 Å². The molecule has 0 unspecified atom stereocenters. The summed E-state index contributed by atoms with van der Waals surface area (Å²) in [6, 6.07) is 0. The number of fused-ring (bicyclic) bond motifs is 3. The van der Waals surface area contributed by atoms with Crippen molar-refractivity contribution in [2.24, 2.45) is 0 Å². The second-order valence-electron chi connectivity index (χ2n) is 5.93. The molecule has 120 valence electrons. The first-order valence-corrected chi connectivity index (χ1v) is 8.49. The van der Waals surface area contributed by atoms with Gasteiger partial charge in [-0.05, 0) is 32.3 Å². The van der Waals surface area contributed by atoms with Crippen LogP contribution in [-0.2, 0) is 11.3 Å². The molecule has 23 heavy (non-hydrogen) atoms. The number of aromatic nitrogens is 4. The molecular weight excluding hydrogens is 314 g/mol. The Balaban J connectivity index is 1.82. The zero-order chi connectivity index (χ0) is 16.1. The van der Waals surface area contributed by atoms with Crippen LogP contribution < -0.4 is 5.69 Å². The van der Waals surface area contributed by atoms with Gasteiger partial charge in [0.25, 0.3) is 0 Å². The highest BCUT2D eigenvalue weighted by Crippen LogP contribution is 2.30. The normalized spacial score (nSPS) is 15.1. The van der Waals surface area contributed by atoms with E-state index in [0.29, 0.717) is 5.65 Å². The molecule has 0 N–H and O–H groups in total. The Kier molecular flexibility index (Phi) is 3.22. The van der Waals surface area contributed by atoms with Crippen molar-refractivity contribution in [1.29, 1.82) is 0 Å². The van der Waals surface area contributed by atoms with Crippen LogP contribution in [0.4, 0.5) is 0 Å². The molecular formula is C15H17N5O2S. The van der Waals surface area contributed by atoms with E-state index in [1.807, 2.05) is 13.8 Å². The van der Waals surface area contributed by atoms with E-state index in [-0.39, 0.29) is 18.1 Å². The predicted molar refractivity (Wildman–Crippen MR) is 87.9 cm³/mol. The Morgan fingerprint density at radius 3 is 2.78 bits per heavy atom. The van der Waals surface area contributed by atoms with Crippen LogP contribution in [0.3, 0.4) is 0 Å². The number of carbonyl (C=O) groups is 1. The predicted octanol–water partition coefficient (Wildman–Crippen LogP) is 1.34. The minimum atomic E-state index is -0.315. The van der Waals surface area contributed by atoms with Gasteiger partial charge in [-0.1, -0.05) is 0 Å². The van der Waals surface area contributed by atoms with Crippen molar-refractivity contribution in [3.05, 3.63) is 27.3 Å². The number of thiophene rings is 1. The Hall–Kier alpha value is -2.22. The molecule has 0 aliphatic carbocycles. The van der Waals surface area contributed by atoms with E-state index in [9.17, 15) is 9.59 Å². The van der Waals surface area contributed by atoms with Crippen LogP contribution >= 0.6 is 11.3 Å². The van der Waals surface area contributed by atoms with Gasteiger partial charge in [0.05, 0.1) is 5.39 Å². The van der Waals surface area contributed by atoms with Gasteiger partial charge < -0.3 is 4.90 Å². The molecule has 1 aliphatic rings. The summed E-state index contributed by atoms with van der Waals surface area (Å²) in [5, 5.41) is 5.31. The highest BCUT2D eigenvalue weighted by molar-refractivity contribution is 7.18. The Morgan fingerprint density at radius 2 is 2.04 bits per heavy atom. The monoisotopic (exact) mass is 331 g/mol. The van der Waals surface area contributed by atoms with Gasteiger partial charge in [0.2, 0.25) is 5.91 Å². The average molecular weight is 331 g/mol. The number of aryl methyl sites for hydroxylation is 2. The largest absolute Gasteiger partial charge is 0.352 e. The van der Waals surface area contributed by atoms with Crippen LogP contribution in [0.1, 0.15) is 23.3 Å². The highest BCUT2D eigenvalue weighted by Gasteiger charge is 2.21. The summed E-state index contributed by atoms with van der Waals surface area (Å²) < 4.78 is 2.68. The number of likely N-dealkylation sites (tertiary alicyclic amines) is 1. The molecule has 0 atom stereocenters. The third-order valence-corrected chi connectivity index (χ3v) is 5.61. The summed E-state index contributed by atoms with van der Waals surface area (Å²) in [4.78, 5) is 33.0. The van der Waals surface area contributed by atoms with E-state index in [4.69, 9.17) is 0 Å². The molecule has 4 heterocycles. The van der Waals surface area contributed by atoms with Crippen LogP contribution in [0.2, 0.25) is 0 Å². The molecule has 4 rings (SSSR count). The van der Waals surface area contributed by atoms with Crippen molar-refractivity contribution < 1.29 is 4.79 Å². The van der Waals surface area contributed by atoms with E-state index in [1.165, 1.54) is 15.4 Å². The highest BCUT2D eigenvalue weighted by atomic mass is 32.1. The molecule has 0 radical (unpaired) electrons. The lowest BCUT2D eigenvalue weighted by Gasteiger charge is -2.14. The lowest BCUT2D eigenvalue weighted by molar-refractivity contribution is -0.131. The number of rotatable bonds is 2. The molecule has 1 aliphatic heterocycles. The molecule has 8 heteroatoms. The maximum Gasteiger partial charge on any atom is 0.352 e. The molecule has 1 saturated heterocycles. The quantitative estimate of drug-likeness (QED) is 0.710. The summed E-state index contributed by atoms with van der Waals surface area (Å²) >= 11 is 1.59. The molecule has 3 aromatic rings. The third kappa shape index (κ3) is 2.16. The van der Waals surface area contributed by atoms with Crippen LogP contribution in [-0.4, -0.2) is 43.1 Å². The Bertz CT molecular complexity index is 977. The van der Waals surface area contributed by atoms with E-state index >= 15 is 0 Å². The molecule has 0 aromatic carbocycles. The molecule has 0 saturated carbocycles. The lowest BCUT2D eigenvalue weighted by Crippen LogP contribution is -2.34. The SMILES string of the molecule is Cc1sc2ncn3c(=O)n(CC(=O)N4CCCC4)nc3c2c1C. The topological polar surface area (TPSA) is 72.5 Å². The molecule has 0 spiro atoms. The van der Waals surface area contributed by atoms with Gasteiger partial charge in [0, 0.05) is 18.0 Å². The summed E-state index contributed by atoms with van der Waals surface area (Å²) in [6.45, 7) is 5.58. The molecule has 1 amide bonds. The summed E-state index contributed by atoms with van der Waals surface area (Å²) in [7, 11) is 0. The lowest BCUT2D eigenvalue weighted by atomic mass is 10.2. The minimum Gasteiger partial charge on any atom is -0.341 e. The first-order valence-electron chi connectivity index (χ1n) is 7.68. The van der Waals surface area contributed by atoms with Crippen LogP contribution in [0.15, 0.2) is 11.1 Å². The van der Waals surface area contributed by atoms with E-state index in [1.54, 1.807) is 16.2 Å². The second-order valence-corrected chi connectivity index (χ2v) is 7.13. The number of carbonyl (C=O) groups excluding carboxylic acids is 1. The molecule has 7 nitrogen and oxygen atoms in total. The fourth-order valence-corrected chi connectivity index (χ4v) is 4.06. The Morgan fingerprint density at radius 1 is 1.30 bits per heavy atom. The van der Waals surface area contributed by atoms with Gasteiger partial charge in [0.1, 0.15) is 17.7 Å². The number of nitrogens with zero attached hydrogens (tertiary/aromatic N) is 5. The number of hydrogen-bond donors (Lipinski definition) is 0. The smallest absolute Gasteiger partial charge is 0.341 e. The average Bonchev–Trinajstić information content (AvgIpc) is 3.22. The third-order valence-electron chi connectivity index (χ3n) is 4.50. The van der Waals surface area contributed by atoms with Gasteiger partial charge in [-0.2, -0.15) is 0 Å². The Labute approximate surface area is 136 Å². The molecule has 3 aromatic heterocycles. The minimum absolute atomic E-state index is 0.00975. The number of amides is 1. The van der Waals surface area contributed by atoms with E-state index in [0.717, 1.165) is 46.6 Å². The van der Waals surface area contributed by atoms with Crippen molar-refractivity contribution in [2.45, 2.75) is 33.2 Å². The summed E-state index contributed by atoms with van der Waals surface area (Å²) in [5.41, 5.74) is 1.35. The zero-order valence-electron chi connectivity index (χ0n) is 13.1. The fourth-order valence-electron chi connectivity index (χ4n) is 3.07. The second kappa shape index (κ2) is 5.16. The van der Waals surface area contributed by atoms with Gasteiger partial charge in [0.15, 0.2) is 5.65 Å². The first kappa shape index (κ1) is 14.4. The van der Waals surface area contributed by atoms with Gasteiger partial charge >= 0.3 is 5.69 Å². The van der Waals surface area contributed by atoms with Crippen LogP contribution in [0.25, 0.3) is 15.9 Å². The van der Waals surface area contributed by atoms with Crippen molar-refractivity contribution in [2.75, 3.05) is 13.1 Å². The fraction of sp³-hybridized carbons (Fsp3) is 0.467. The molecule has 0 bridgehead atoms. The number of hydrogen-bond acceptors (Lipinski definition) is 5. The van der Waals surface area contributed by atoms with Crippen molar-refractivity contribution >= 4 is 33.1 Å². The summed E-state index contributed by atoms with van der Waals surface area (Å²) in [6.07, 6.45) is 3.56. The molecule has 1 fully saturated rings. The first-order chi connectivity index (χ1) is 11.1. The van der Waals surface area contributed by atoms with E-state index < -0.39 is 0 Å². The van der Waals surface area contributed by atoms with Gasteiger partial charge in [-0.3, -0.25) is 4.79 Å². The summed E-state index contributed by atoms with van der Waals surface area (Å²) in [5.74, 6) is -0.0459. The van der Waals surface area contributed by atoms with Gasteiger partial charge in [-0.15, -0.1) is 16.4 Å². The van der Waals surface area contributed by atoms with Crippen molar-refractivity contribution in [1.82, 2.24) is 24.1 Å². The zero-order valence-corrected chi connectivity index (χ0v) is 13.9. The van der Waals surface area contributed by atoms with Gasteiger partial charge in [-0.25, -0.2) is 18.9 Å². The maximum atomic E-state index is 12.5.